The summed E-state index contributed by atoms with van der Waals surface area (Å²) in [5, 5.41) is 1.03. The molecule has 4 heterocycles. The quantitative estimate of drug-likeness (QED) is 0.232. The zero-order valence-corrected chi connectivity index (χ0v) is 25.6. The second kappa shape index (κ2) is 10.5. The Hall–Kier alpha value is -2.31. The van der Waals surface area contributed by atoms with Crippen LogP contribution in [0.4, 0.5) is 10.2 Å². The van der Waals surface area contributed by atoms with E-state index in [1.807, 2.05) is 77.9 Å². The number of rotatable bonds is 6. The molecule has 0 radical (unpaired) electrons. The molecule has 40 heavy (non-hydrogen) atoms. The third-order valence-electron chi connectivity index (χ3n) is 6.77. The monoisotopic (exact) mass is 602 g/mol. The number of aromatic nitrogens is 2. The molecule has 3 atom stereocenters. The number of pyridine rings is 2. The Kier molecular flexibility index (Phi) is 7.67. The third kappa shape index (κ3) is 5.59. The number of fused-ring (bicyclic) bond motifs is 1. The number of nitrogens with one attached hydrogen (secondary N) is 1. The van der Waals surface area contributed by atoms with Crippen LogP contribution in [0, 0.1) is 5.82 Å². The van der Waals surface area contributed by atoms with Gasteiger partial charge in [-0.15, -0.1) is 16.1 Å². The van der Waals surface area contributed by atoms with Crippen LogP contribution in [0.1, 0.15) is 63.6 Å². The van der Waals surface area contributed by atoms with Crippen LogP contribution in [0.5, 0.6) is 0 Å². The molecule has 0 saturated carbocycles. The van der Waals surface area contributed by atoms with Gasteiger partial charge in [-0.05, 0) is 70.7 Å². The number of hydrogen-bond acceptors (Lipinski definition) is 8. The van der Waals surface area contributed by atoms with Gasteiger partial charge in [-0.1, -0.05) is 29.8 Å². The number of hydrogen-bond donors (Lipinski definition) is 2. The summed E-state index contributed by atoms with van der Waals surface area (Å²) in [4.78, 5) is 9.24. The van der Waals surface area contributed by atoms with E-state index in [4.69, 9.17) is 26.8 Å². The maximum absolute atomic E-state index is 15.4. The van der Waals surface area contributed by atoms with Gasteiger partial charge in [0, 0.05) is 44.5 Å². The van der Waals surface area contributed by atoms with E-state index in [0.29, 0.717) is 6.61 Å². The number of ether oxygens (including phenoxy) is 2. The number of benzene rings is 1. The predicted molar refractivity (Wildman–Crippen MR) is 160 cm³/mol. The molecule has 1 unspecified atom stereocenters. The normalized spacial score (nSPS) is 20.6. The minimum atomic E-state index is -1.54. The molecule has 1 saturated heterocycles. The van der Waals surface area contributed by atoms with Gasteiger partial charge in [-0.3, -0.25) is 4.98 Å². The van der Waals surface area contributed by atoms with Crippen molar-refractivity contribution in [2.75, 3.05) is 12.3 Å². The lowest BCUT2D eigenvalue weighted by Gasteiger charge is -2.28. The van der Waals surface area contributed by atoms with Crippen molar-refractivity contribution in [3.8, 4) is 11.3 Å². The van der Waals surface area contributed by atoms with E-state index in [9.17, 15) is 4.55 Å². The Morgan fingerprint density at radius 2 is 1.95 bits per heavy atom. The van der Waals surface area contributed by atoms with E-state index in [-0.39, 0.29) is 16.4 Å². The number of nitrogens with zero attached hydrogens (tertiary/aromatic N) is 2. The van der Waals surface area contributed by atoms with Crippen LogP contribution in [-0.4, -0.2) is 31.7 Å². The highest BCUT2D eigenvalue weighted by Gasteiger charge is 2.43. The Balaban J connectivity index is 1.62. The molecule has 3 N–H and O–H groups in total. The van der Waals surface area contributed by atoms with Crippen molar-refractivity contribution in [2.24, 2.45) is 0 Å². The fourth-order valence-corrected chi connectivity index (χ4v) is 7.06. The number of nitrogen functional groups attached to an aromatic ring is 1. The first-order chi connectivity index (χ1) is 18.7. The molecule has 1 fully saturated rings. The van der Waals surface area contributed by atoms with Crippen molar-refractivity contribution in [1.29, 1.82) is 0 Å². The van der Waals surface area contributed by atoms with Crippen LogP contribution in [0.15, 0.2) is 48.8 Å². The molecule has 1 aromatic carbocycles. The summed E-state index contributed by atoms with van der Waals surface area (Å²) in [6.07, 6.45) is 3.08. The number of halogens is 2. The van der Waals surface area contributed by atoms with Crippen LogP contribution in [0.25, 0.3) is 21.3 Å². The SMILES string of the molecule is CC1(C)OC[C@@](C)(c2ccnc(-c3cccc4cc([C@H](N[S+]([O-])C(C)(C)C)c5c(Cl)cnc(N)c5F)sc34)c2)O1. The largest absolute Gasteiger partial charge is 0.598 e. The zero-order chi connectivity index (χ0) is 29.0. The summed E-state index contributed by atoms with van der Waals surface area (Å²) < 4.78 is 44.2. The van der Waals surface area contributed by atoms with Gasteiger partial charge in [0.25, 0.3) is 0 Å². The van der Waals surface area contributed by atoms with Crippen LogP contribution >= 0.6 is 22.9 Å². The number of nitrogens with two attached hydrogens (primary N) is 1. The van der Waals surface area contributed by atoms with Crippen LogP contribution in [0.2, 0.25) is 5.02 Å². The Labute approximate surface area is 245 Å². The summed E-state index contributed by atoms with van der Waals surface area (Å²) in [7, 11) is 0. The summed E-state index contributed by atoms with van der Waals surface area (Å²) in [6, 6.07) is 11.0. The second-order valence-corrected chi connectivity index (χ2v) is 15.0. The van der Waals surface area contributed by atoms with E-state index in [0.717, 1.165) is 31.8 Å². The Morgan fingerprint density at radius 3 is 2.62 bits per heavy atom. The molecular formula is C29H32ClFN4O3S2. The van der Waals surface area contributed by atoms with Gasteiger partial charge in [-0.2, -0.15) is 0 Å². The van der Waals surface area contributed by atoms with Crippen molar-refractivity contribution >= 4 is 50.2 Å². The Morgan fingerprint density at radius 1 is 1.20 bits per heavy atom. The molecule has 0 bridgehead atoms. The predicted octanol–water partition coefficient (Wildman–Crippen LogP) is 6.87. The zero-order valence-electron chi connectivity index (χ0n) is 23.2. The van der Waals surface area contributed by atoms with Gasteiger partial charge in [0.1, 0.15) is 16.4 Å². The van der Waals surface area contributed by atoms with Crippen molar-refractivity contribution in [3.05, 3.63) is 75.6 Å². The minimum absolute atomic E-state index is 0.0945. The highest BCUT2D eigenvalue weighted by molar-refractivity contribution is 7.90. The van der Waals surface area contributed by atoms with E-state index >= 15 is 4.39 Å². The molecule has 11 heteroatoms. The number of thiophene rings is 1. The first-order valence-electron chi connectivity index (χ1n) is 12.8. The highest BCUT2D eigenvalue weighted by atomic mass is 35.5. The van der Waals surface area contributed by atoms with E-state index in [1.54, 1.807) is 6.20 Å². The van der Waals surface area contributed by atoms with E-state index in [2.05, 4.69) is 14.7 Å². The van der Waals surface area contributed by atoms with Gasteiger partial charge < -0.3 is 19.8 Å². The highest BCUT2D eigenvalue weighted by Crippen LogP contribution is 2.43. The molecule has 4 aromatic rings. The van der Waals surface area contributed by atoms with Crippen LogP contribution in [0.3, 0.4) is 0 Å². The average Bonchev–Trinajstić information content (AvgIpc) is 3.45. The lowest BCUT2D eigenvalue weighted by atomic mass is 9.96. The van der Waals surface area contributed by atoms with Gasteiger partial charge in [-0.25, -0.2) is 9.37 Å². The summed E-state index contributed by atoms with van der Waals surface area (Å²) in [6.45, 7) is 11.8. The van der Waals surface area contributed by atoms with Crippen molar-refractivity contribution in [3.63, 3.8) is 0 Å². The summed E-state index contributed by atoms with van der Waals surface area (Å²) in [5.41, 5.74) is 7.95. The van der Waals surface area contributed by atoms with Crippen molar-refractivity contribution in [1.82, 2.24) is 14.7 Å². The average molecular weight is 603 g/mol. The summed E-state index contributed by atoms with van der Waals surface area (Å²) >= 11 is 6.37. The third-order valence-corrected chi connectivity index (χ3v) is 9.88. The first-order valence-corrected chi connectivity index (χ1v) is 15.1. The van der Waals surface area contributed by atoms with Gasteiger partial charge in [0.05, 0.1) is 17.3 Å². The topological polar surface area (TPSA) is 105 Å². The van der Waals surface area contributed by atoms with Gasteiger partial charge in [0.15, 0.2) is 17.4 Å². The van der Waals surface area contributed by atoms with E-state index < -0.39 is 39.4 Å². The van der Waals surface area contributed by atoms with Crippen molar-refractivity contribution < 1.29 is 18.4 Å². The molecule has 5 rings (SSSR count). The standard InChI is InChI=1S/C29H32ClFN4O3S2/c1-27(2,3)40(36)35-24(22-19(30)14-34-26(32)23(22)31)21-12-16-8-7-9-18(25(16)39-21)20-13-17(10-11-33-20)29(6)15-37-28(4,5)38-29/h7-14,24,35H,15H2,1-6H3,(H2,32,34)/t24-,29-,40?/m0/s1. The smallest absolute Gasteiger partial charge is 0.172 e. The minimum Gasteiger partial charge on any atom is -0.598 e. The molecular weight excluding hydrogens is 571 g/mol. The molecule has 3 aromatic heterocycles. The Bertz CT molecular complexity index is 1570. The fourth-order valence-electron chi connectivity index (χ4n) is 4.69. The molecule has 0 amide bonds. The molecule has 1 aliphatic heterocycles. The van der Waals surface area contributed by atoms with Crippen molar-refractivity contribution in [2.45, 2.75) is 63.7 Å². The first kappa shape index (κ1) is 29.2. The summed E-state index contributed by atoms with van der Waals surface area (Å²) in [5.74, 6) is -1.69. The fraction of sp³-hybridized carbons (Fsp3) is 0.379. The molecule has 0 spiro atoms. The van der Waals surface area contributed by atoms with Gasteiger partial charge >= 0.3 is 0 Å². The molecule has 0 aliphatic carbocycles. The van der Waals surface area contributed by atoms with E-state index in [1.165, 1.54) is 17.5 Å². The van der Waals surface area contributed by atoms with Crippen LogP contribution < -0.4 is 10.5 Å². The lowest BCUT2D eigenvalue weighted by molar-refractivity contribution is -0.159. The molecule has 1 aliphatic rings. The maximum atomic E-state index is 15.4. The molecule has 212 valence electrons. The molecule has 7 nitrogen and oxygen atoms in total. The van der Waals surface area contributed by atoms with Crippen LogP contribution in [-0.2, 0) is 26.4 Å². The number of anilines is 1. The lowest BCUT2D eigenvalue weighted by Crippen LogP contribution is -2.41. The second-order valence-electron chi connectivity index (χ2n) is 11.5. The maximum Gasteiger partial charge on any atom is 0.172 e. The van der Waals surface area contributed by atoms with Gasteiger partial charge in [0.2, 0.25) is 0 Å².